The number of nitrogens with one attached hydrogen (secondary N) is 1. The van der Waals surface area contributed by atoms with Crippen LogP contribution in [0.3, 0.4) is 0 Å². The lowest BCUT2D eigenvalue weighted by atomic mass is 10.3. The molecule has 1 aliphatic carbocycles. The number of benzene rings is 1. The summed E-state index contributed by atoms with van der Waals surface area (Å²) in [5.41, 5.74) is 1.05. The number of rotatable bonds is 4. The predicted molar refractivity (Wildman–Crippen MR) is 66.6 cm³/mol. The van der Waals surface area contributed by atoms with E-state index in [0.29, 0.717) is 12.5 Å². The third kappa shape index (κ3) is 2.93. The molecule has 0 atom stereocenters. The SMILES string of the molecule is CCOc1ccc(NC(=S)C2CC2)cc1. The molecule has 1 aromatic carbocycles. The van der Waals surface area contributed by atoms with Gasteiger partial charge in [-0.1, -0.05) is 12.2 Å². The molecule has 80 valence electrons. The van der Waals surface area contributed by atoms with E-state index >= 15 is 0 Å². The van der Waals surface area contributed by atoms with Crippen molar-refractivity contribution < 1.29 is 4.74 Å². The number of ether oxygens (including phenoxy) is 1. The first-order chi connectivity index (χ1) is 7.29. The fraction of sp³-hybridized carbons (Fsp3) is 0.417. The molecule has 2 rings (SSSR count). The van der Waals surface area contributed by atoms with Crippen LogP contribution < -0.4 is 10.1 Å². The van der Waals surface area contributed by atoms with E-state index in [1.54, 1.807) is 0 Å². The van der Waals surface area contributed by atoms with E-state index in [-0.39, 0.29) is 0 Å². The maximum absolute atomic E-state index is 5.36. The molecule has 15 heavy (non-hydrogen) atoms. The van der Waals surface area contributed by atoms with Gasteiger partial charge in [0.05, 0.1) is 11.6 Å². The Bertz CT molecular complexity index is 343. The van der Waals surface area contributed by atoms with Gasteiger partial charge < -0.3 is 10.1 Å². The Balaban J connectivity index is 1.94. The molecule has 0 saturated heterocycles. The Morgan fingerprint density at radius 2 is 2.07 bits per heavy atom. The summed E-state index contributed by atoms with van der Waals surface area (Å²) in [5, 5.41) is 3.25. The highest BCUT2D eigenvalue weighted by Crippen LogP contribution is 2.31. The second kappa shape index (κ2) is 4.62. The highest BCUT2D eigenvalue weighted by molar-refractivity contribution is 7.80. The quantitative estimate of drug-likeness (QED) is 0.789. The van der Waals surface area contributed by atoms with Crippen LogP contribution in [0.15, 0.2) is 24.3 Å². The minimum Gasteiger partial charge on any atom is -0.494 e. The molecule has 0 aliphatic heterocycles. The van der Waals surface area contributed by atoms with Gasteiger partial charge in [-0.15, -0.1) is 0 Å². The van der Waals surface area contributed by atoms with Crippen molar-refractivity contribution in [3.8, 4) is 5.75 Å². The highest BCUT2D eigenvalue weighted by atomic mass is 32.1. The topological polar surface area (TPSA) is 21.3 Å². The van der Waals surface area contributed by atoms with Gasteiger partial charge in [0.2, 0.25) is 0 Å². The lowest BCUT2D eigenvalue weighted by Crippen LogP contribution is -2.10. The number of hydrogen-bond acceptors (Lipinski definition) is 2. The summed E-state index contributed by atoms with van der Waals surface area (Å²) in [6.45, 7) is 2.68. The van der Waals surface area contributed by atoms with Gasteiger partial charge in [0.15, 0.2) is 0 Å². The molecule has 0 heterocycles. The second-order valence-corrected chi connectivity index (χ2v) is 4.16. The fourth-order valence-corrected chi connectivity index (χ4v) is 1.74. The van der Waals surface area contributed by atoms with Crippen LogP contribution in [0.2, 0.25) is 0 Å². The standard InChI is InChI=1S/C12H15NOS/c1-2-14-11-7-5-10(6-8-11)13-12(15)9-3-4-9/h5-9H,2-4H2,1H3,(H,13,15). The van der Waals surface area contributed by atoms with E-state index in [2.05, 4.69) is 5.32 Å². The van der Waals surface area contributed by atoms with Crippen LogP contribution in [-0.2, 0) is 0 Å². The monoisotopic (exact) mass is 221 g/mol. The van der Waals surface area contributed by atoms with Gasteiger partial charge in [-0.3, -0.25) is 0 Å². The maximum atomic E-state index is 5.36. The average molecular weight is 221 g/mol. The number of thiocarbonyl (C=S) groups is 1. The Morgan fingerprint density at radius 3 is 2.60 bits per heavy atom. The largest absolute Gasteiger partial charge is 0.494 e. The van der Waals surface area contributed by atoms with Crippen LogP contribution in [-0.4, -0.2) is 11.6 Å². The Morgan fingerprint density at radius 1 is 1.40 bits per heavy atom. The van der Waals surface area contributed by atoms with Crippen LogP contribution >= 0.6 is 12.2 Å². The first-order valence-electron chi connectivity index (χ1n) is 5.33. The number of anilines is 1. The molecule has 0 bridgehead atoms. The van der Waals surface area contributed by atoms with Crippen LogP contribution in [0.5, 0.6) is 5.75 Å². The zero-order valence-corrected chi connectivity index (χ0v) is 9.64. The van der Waals surface area contributed by atoms with E-state index in [0.717, 1.165) is 16.4 Å². The molecule has 0 aromatic heterocycles. The van der Waals surface area contributed by atoms with Gasteiger partial charge in [-0.05, 0) is 44.0 Å². The van der Waals surface area contributed by atoms with Crippen LogP contribution in [0.1, 0.15) is 19.8 Å². The summed E-state index contributed by atoms with van der Waals surface area (Å²) in [6, 6.07) is 7.92. The molecular weight excluding hydrogens is 206 g/mol. The van der Waals surface area contributed by atoms with Gasteiger partial charge in [-0.2, -0.15) is 0 Å². The number of hydrogen-bond donors (Lipinski definition) is 1. The third-order valence-corrected chi connectivity index (χ3v) is 2.82. The Hall–Kier alpha value is -1.09. The van der Waals surface area contributed by atoms with Crippen LogP contribution in [0, 0.1) is 5.92 Å². The summed E-state index contributed by atoms with van der Waals surface area (Å²) in [7, 11) is 0. The van der Waals surface area contributed by atoms with Gasteiger partial charge in [-0.25, -0.2) is 0 Å². The Kier molecular flexibility index (Phi) is 3.21. The molecule has 0 radical (unpaired) electrons. The Labute approximate surface area is 95.6 Å². The van der Waals surface area contributed by atoms with E-state index in [4.69, 9.17) is 17.0 Å². The van der Waals surface area contributed by atoms with E-state index in [9.17, 15) is 0 Å². The summed E-state index contributed by atoms with van der Waals surface area (Å²) in [4.78, 5) is 0.971. The molecule has 1 aliphatic rings. The molecule has 0 unspecified atom stereocenters. The van der Waals surface area contributed by atoms with Crippen molar-refractivity contribution in [3.63, 3.8) is 0 Å². The van der Waals surface area contributed by atoms with Crippen LogP contribution in [0.4, 0.5) is 5.69 Å². The molecule has 0 amide bonds. The summed E-state index contributed by atoms with van der Waals surface area (Å²) in [6.07, 6.45) is 2.48. The second-order valence-electron chi connectivity index (χ2n) is 3.72. The van der Waals surface area contributed by atoms with Crippen molar-refractivity contribution in [1.29, 1.82) is 0 Å². The lowest BCUT2D eigenvalue weighted by molar-refractivity contribution is 0.340. The van der Waals surface area contributed by atoms with Crippen LogP contribution in [0.25, 0.3) is 0 Å². The zero-order valence-electron chi connectivity index (χ0n) is 8.82. The van der Waals surface area contributed by atoms with E-state index in [1.165, 1.54) is 12.8 Å². The summed E-state index contributed by atoms with van der Waals surface area (Å²) >= 11 is 5.26. The van der Waals surface area contributed by atoms with Gasteiger partial charge >= 0.3 is 0 Å². The van der Waals surface area contributed by atoms with Crippen molar-refractivity contribution in [3.05, 3.63) is 24.3 Å². The normalized spacial score (nSPS) is 14.7. The summed E-state index contributed by atoms with van der Waals surface area (Å²) in [5.74, 6) is 1.52. The molecule has 0 spiro atoms. The fourth-order valence-electron chi connectivity index (χ4n) is 1.39. The van der Waals surface area contributed by atoms with Crippen molar-refractivity contribution in [1.82, 2.24) is 0 Å². The highest BCUT2D eigenvalue weighted by Gasteiger charge is 2.26. The molecule has 1 aromatic rings. The van der Waals surface area contributed by atoms with Gasteiger partial charge in [0.1, 0.15) is 5.75 Å². The van der Waals surface area contributed by atoms with E-state index < -0.39 is 0 Å². The molecule has 3 heteroatoms. The predicted octanol–water partition coefficient (Wildman–Crippen LogP) is 3.23. The van der Waals surface area contributed by atoms with Gasteiger partial charge in [0.25, 0.3) is 0 Å². The van der Waals surface area contributed by atoms with Crippen molar-refractivity contribution in [2.75, 3.05) is 11.9 Å². The third-order valence-electron chi connectivity index (χ3n) is 2.38. The smallest absolute Gasteiger partial charge is 0.119 e. The molecule has 1 saturated carbocycles. The van der Waals surface area contributed by atoms with Crippen molar-refractivity contribution in [2.24, 2.45) is 5.92 Å². The molecule has 2 nitrogen and oxygen atoms in total. The first kappa shape index (κ1) is 10.4. The van der Waals surface area contributed by atoms with E-state index in [1.807, 2.05) is 31.2 Å². The summed E-state index contributed by atoms with van der Waals surface area (Å²) < 4.78 is 5.36. The lowest BCUT2D eigenvalue weighted by Gasteiger charge is -2.08. The van der Waals surface area contributed by atoms with Crippen molar-refractivity contribution >= 4 is 22.9 Å². The first-order valence-corrected chi connectivity index (χ1v) is 5.74. The molecule has 1 fully saturated rings. The molecular formula is C12H15NOS. The molecule has 1 N–H and O–H groups in total. The maximum Gasteiger partial charge on any atom is 0.119 e. The average Bonchev–Trinajstić information content (AvgIpc) is 3.04. The minimum atomic E-state index is 0.617. The minimum absolute atomic E-state index is 0.617. The zero-order chi connectivity index (χ0) is 10.7. The van der Waals surface area contributed by atoms with Crippen molar-refractivity contribution in [2.45, 2.75) is 19.8 Å². The van der Waals surface area contributed by atoms with Gasteiger partial charge in [0, 0.05) is 11.6 Å².